The third kappa shape index (κ3) is 1.69. The van der Waals surface area contributed by atoms with Crippen molar-refractivity contribution in [2.24, 2.45) is 0 Å². The fourth-order valence-electron chi connectivity index (χ4n) is 1.21. The number of aromatic nitrogens is 4. The van der Waals surface area contributed by atoms with E-state index in [-0.39, 0.29) is 5.69 Å². The van der Waals surface area contributed by atoms with Crippen LogP contribution in [0.1, 0.15) is 16.1 Å². The fourth-order valence-corrected chi connectivity index (χ4v) is 1.21. The third-order valence-electron chi connectivity index (χ3n) is 1.84. The number of carboxylic acids is 1. The van der Waals surface area contributed by atoms with E-state index in [1.165, 1.54) is 23.4 Å². The molecule has 76 valence electrons. The Hall–Kier alpha value is -2.24. The van der Waals surface area contributed by atoms with Gasteiger partial charge in [-0.25, -0.2) is 9.78 Å². The molecule has 0 aliphatic heterocycles. The molecule has 0 unspecified atom stereocenters. The SMILES string of the molecule is Cc1cnc(C(=O)O)c(-n2nccn2)c1. The Morgan fingerprint density at radius 2 is 2.07 bits per heavy atom. The van der Waals surface area contributed by atoms with E-state index in [2.05, 4.69) is 15.2 Å². The molecule has 2 rings (SSSR count). The molecule has 0 radical (unpaired) electrons. The van der Waals surface area contributed by atoms with Crippen molar-refractivity contribution in [3.8, 4) is 5.69 Å². The van der Waals surface area contributed by atoms with Crippen molar-refractivity contribution in [1.29, 1.82) is 0 Å². The minimum Gasteiger partial charge on any atom is -0.476 e. The summed E-state index contributed by atoms with van der Waals surface area (Å²) < 4.78 is 0. The first-order chi connectivity index (χ1) is 7.18. The van der Waals surface area contributed by atoms with E-state index in [0.29, 0.717) is 5.69 Å². The number of rotatable bonds is 2. The van der Waals surface area contributed by atoms with Crippen LogP contribution in [0.2, 0.25) is 0 Å². The second-order valence-electron chi connectivity index (χ2n) is 3.00. The molecule has 0 spiro atoms. The number of hydrogen-bond donors (Lipinski definition) is 1. The number of aromatic carboxylic acids is 1. The maximum Gasteiger partial charge on any atom is 0.356 e. The lowest BCUT2D eigenvalue weighted by atomic mass is 10.2. The van der Waals surface area contributed by atoms with Crippen LogP contribution in [0, 0.1) is 6.92 Å². The highest BCUT2D eigenvalue weighted by molar-refractivity contribution is 5.89. The van der Waals surface area contributed by atoms with Crippen LogP contribution in [0.15, 0.2) is 24.7 Å². The van der Waals surface area contributed by atoms with Crippen LogP contribution >= 0.6 is 0 Å². The smallest absolute Gasteiger partial charge is 0.356 e. The number of nitrogens with zero attached hydrogens (tertiary/aromatic N) is 4. The van der Waals surface area contributed by atoms with Gasteiger partial charge in [-0.1, -0.05) is 0 Å². The van der Waals surface area contributed by atoms with E-state index < -0.39 is 5.97 Å². The average Bonchev–Trinajstić information content (AvgIpc) is 2.69. The van der Waals surface area contributed by atoms with Gasteiger partial charge in [-0.05, 0) is 18.6 Å². The quantitative estimate of drug-likeness (QED) is 0.777. The van der Waals surface area contributed by atoms with Crippen LogP contribution in [-0.2, 0) is 0 Å². The topological polar surface area (TPSA) is 80.9 Å². The minimum absolute atomic E-state index is 0.0585. The van der Waals surface area contributed by atoms with Crippen molar-refractivity contribution in [2.45, 2.75) is 6.92 Å². The van der Waals surface area contributed by atoms with Crippen molar-refractivity contribution in [3.05, 3.63) is 35.9 Å². The molecule has 0 bridgehead atoms. The lowest BCUT2D eigenvalue weighted by molar-refractivity contribution is 0.0690. The molecule has 0 fully saturated rings. The number of carbonyl (C=O) groups is 1. The summed E-state index contributed by atoms with van der Waals surface area (Å²) in [4.78, 5) is 16.0. The van der Waals surface area contributed by atoms with Crippen molar-refractivity contribution >= 4 is 5.97 Å². The zero-order chi connectivity index (χ0) is 10.8. The molecule has 1 N–H and O–H groups in total. The van der Waals surface area contributed by atoms with E-state index in [4.69, 9.17) is 5.11 Å². The highest BCUT2D eigenvalue weighted by Crippen LogP contribution is 2.11. The van der Waals surface area contributed by atoms with Gasteiger partial charge in [0.2, 0.25) is 0 Å². The first-order valence-electron chi connectivity index (χ1n) is 4.25. The summed E-state index contributed by atoms with van der Waals surface area (Å²) >= 11 is 0. The predicted octanol–water partition coefficient (Wildman–Crippen LogP) is 0.669. The largest absolute Gasteiger partial charge is 0.476 e. The van der Waals surface area contributed by atoms with Crippen LogP contribution in [-0.4, -0.2) is 31.1 Å². The van der Waals surface area contributed by atoms with Crippen molar-refractivity contribution < 1.29 is 9.90 Å². The van der Waals surface area contributed by atoms with Crippen molar-refractivity contribution in [3.63, 3.8) is 0 Å². The van der Waals surface area contributed by atoms with Gasteiger partial charge in [-0.3, -0.25) is 0 Å². The summed E-state index contributed by atoms with van der Waals surface area (Å²) in [5, 5.41) is 16.7. The molecule has 0 aliphatic rings. The summed E-state index contributed by atoms with van der Waals surface area (Å²) in [7, 11) is 0. The number of hydrogen-bond acceptors (Lipinski definition) is 4. The number of aryl methyl sites for hydroxylation is 1. The predicted molar refractivity (Wildman–Crippen MR) is 50.9 cm³/mol. The lowest BCUT2D eigenvalue weighted by Gasteiger charge is -2.04. The highest BCUT2D eigenvalue weighted by Gasteiger charge is 2.14. The molecule has 2 heterocycles. The summed E-state index contributed by atoms with van der Waals surface area (Å²) in [6.07, 6.45) is 4.46. The van der Waals surface area contributed by atoms with Crippen LogP contribution in [0.4, 0.5) is 0 Å². The summed E-state index contributed by atoms with van der Waals surface area (Å²) in [6.45, 7) is 1.83. The van der Waals surface area contributed by atoms with Gasteiger partial charge in [0, 0.05) is 6.20 Å². The molecule has 2 aromatic rings. The van der Waals surface area contributed by atoms with Gasteiger partial charge in [0.15, 0.2) is 5.69 Å². The third-order valence-corrected chi connectivity index (χ3v) is 1.84. The van der Waals surface area contributed by atoms with Gasteiger partial charge in [-0.15, -0.1) is 4.80 Å². The van der Waals surface area contributed by atoms with Crippen LogP contribution in [0.5, 0.6) is 0 Å². The molecule has 6 heteroatoms. The molecular formula is C9H8N4O2. The first kappa shape index (κ1) is 9.32. The summed E-state index contributed by atoms with van der Waals surface area (Å²) in [6, 6.07) is 1.68. The fraction of sp³-hybridized carbons (Fsp3) is 0.111. The molecule has 0 atom stereocenters. The maximum absolute atomic E-state index is 10.9. The summed E-state index contributed by atoms with van der Waals surface area (Å²) in [5.41, 5.74) is 1.16. The standard InChI is InChI=1S/C9H8N4O2/c1-6-4-7(13-11-2-3-12-13)8(9(14)15)10-5-6/h2-5H,1H3,(H,14,15). The molecule has 2 aromatic heterocycles. The molecule has 0 saturated heterocycles. The Kier molecular flexibility index (Phi) is 2.17. The highest BCUT2D eigenvalue weighted by atomic mass is 16.4. The lowest BCUT2D eigenvalue weighted by Crippen LogP contribution is -2.10. The van der Waals surface area contributed by atoms with Gasteiger partial charge in [-0.2, -0.15) is 10.2 Å². The average molecular weight is 204 g/mol. The van der Waals surface area contributed by atoms with Crippen molar-refractivity contribution in [2.75, 3.05) is 0 Å². The van der Waals surface area contributed by atoms with Crippen LogP contribution < -0.4 is 0 Å². The summed E-state index contributed by atoms with van der Waals surface area (Å²) in [5.74, 6) is -1.10. The molecule has 0 amide bonds. The van der Waals surface area contributed by atoms with Crippen molar-refractivity contribution in [1.82, 2.24) is 20.0 Å². The number of carboxylic acid groups (broad SMARTS) is 1. The molecule has 0 saturated carbocycles. The Labute approximate surface area is 85.2 Å². The molecule has 15 heavy (non-hydrogen) atoms. The number of pyridine rings is 1. The van der Waals surface area contributed by atoms with Crippen LogP contribution in [0.3, 0.4) is 0 Å². The molecular weight excluding hydrogens is 196 g/mol. The van der Waals surface area contributed by atoms with E-state index >= 15 is 0 Å². The Morgan fingerprint density at radius 3 is 2.67 bits per heavy atom. The monoisotopic (exact) mass is 204 g/mol. The van der Waals surface area contributed by atoms with Crippen LogP contribution in [0.25, 0.3) is 5.69 Å². The normalized spacial score (nSPS) is 10.2. The Bertz CT molecular complexity index is 493. The molecule has 0 aromatic carbocycles. The first-order valence-corrected chi connectivity index (χ1v) is 4.25. The van der Waals surface area contributed by atoms with Gasteiger partial charge in [0.25, 0.3) is 0 Å². The second kappa shape index (κ2) is 3.49. The van der Waals surface area contributed by atoms with E-state index in [1.807, 2.05) is 6.92 Å². The van der Waals surface area contributed by atoms with Gasteiger partial charge >= 0.3 is 5.97 Å². The van der Waals surface area contributed by atoms with E-state index in [9.17, 15) is 4.79 Å². The molecule has 6 nitrogen and oxygen atoms in total. The Balaban J connectivity index is 2.63. The maximum atomic E-state index is 10.9. The second-order valence-corrected chi connectivity index (χ2v) is 3.00. The zero-order valence-electron chi connectivity index (χ0n) is 7.95. The van der Waals surface area contributed by atoms with Gasteiger partial charge < -0.3 is 5.11 Å². The Morgan fingerprint density at radius 1 is 1.40 bits per heavy atom. The molecule has 0 aliphatic carbocycles. The zero-order valence-corrected chi connectivity index (χ0v) is 7.95. The van der Waals surface area contributed by atoms with E-state index in [1.54, 1.807) is 6.07 Å². The van der Waals surface area contributed by atoms with Gasteiger partial charge in [0.05, 0.1) is 12.4 Å². The van der Waals surface area contributed by atoms with Gasteiger partial charge in [0.1, 0.15) is 5.69 Å². The minimum atomic E-state index is -1.10. The van der Waals surface area contributed by atoms with E-state index in [0.717, 1.165) is 5.56 Å².